The Labute approximate surface area is 110 Å². The molecule has 102 valence electrons. The van der Waals surface area contributed by atoms with Crippen LogP contribution in [0, 0.1) is 5.41 Å². The monoisotopic (exact) mass is 264 g/mol. The number of methoxy groups -OCH3 is 1. The number of amides is 1. The van der Waals surface area contributed by atoms with Gasteiger partial charge in [0.2, 0.25) is 5.91 Å². The van der Waals surface area contributed by atoms with Crippen LogP contribution in [0.2, 0.25) is 0 Å². The number of hydrogen-bond acceptors (Lipinski definition) is 6. The third kappa shape index (κ3) is 2.49. The largest absolute Gasteiger partial charge is 0.464 e. The van der Waals surface area contributed by atoms with Crippen molar-refractivity contribution in [3.05, 3.63) is 18.1 Å². The molecule has 0 bridgehead atoms. The van der Waals surface area contributed by atoms with Crippen LogP contribution in [0.3, 0.4) is 0 Å². The molecule has 1 saturated heterocycles. The molecule has 0 spiro atoms. The highest BCUT2D eigenvalue weighted by Crippen LogP contribution is 2.31. The minimum Gasteiger partial charge on any atom is -0.464 e. The molecule has 2 N–H and O–H groups in total. The van der Waals surface area contributed by atoms with E-state index in [-0.39, 0.29) is 11.6 Å². The summed E-state index contributed by atoms with van der Waals surface area (Å²) in [5.74, 6) is -0.314. The summed E-state index contributed by atoms with van der Waals surface area (Å²) in [7, 11) is 1.29. The van der Waals surface area contributed by atoms with Gasteiger partial charge in [-0.1, -0.05) is 0 Å². The van der Waals surface area contributed by atoms with E-state index in [1.807, 2.05) is 11.8 Å². The Balaban J connectivity index is 2.20. The van der Waals surface area contributed by atoms with Gasteiger partial charge in [0, 0.05) is 13.1 Å². The summed E-state index contributed by atoms with van der Waals surface area (Å²) in [6, 6.07) is 0. The lowest BCUT2D eigenvalue weighted by Crippen LogP contribution is -2.37. The van der Waals surface area contributed by atoms with Crippen molar-refractivity contribution in [1.29, 1.82) is 0 Å². The number of aromatic nitrogens is 2. The quantitative estimate of drug-likeness (QED) is 0.769. The van der Waals surface area contributed by atoms with E-state index in [1.54, 1.807) is 6.20 Å². The molecule has 2 rings (SSSR count). The van der Waals surface area contributed by atoms with Crippen LogP contribution in [0.25, 0.3) is 0 Å². The number of ether oxygens (including phenoxy) is 1. The molecular weight excluding hydrogens is 248 g/mol. The highest BCUT2D eigenvalue weighted by Gasteiger charge is 2.39. The van der Waals surface area contributed by atoms with Crippen LogP contribution in [0.4, 0.5) is 5.82 Å². The molecule has 0 aromatic carbocycles. The van der Waals surface area contributed by atoms with Crippen LogP contribution < -0.4 is 10.6 Å². The van der Waals surface area contributed by atoms with Gasteiger partial charge in [-0.2, -0.15) is 0 Å². The van der Waals surface area contributed by atoms with E-state index in [1.165, 1.54) is 13.3 Å². The Bertz CT molecular complexity index is 519. The van der Waals surface area contributed by atoms with E-state index < -0.39 is 11.4 Å². The van der Waals surface area contributed by atoms with E-state index in [0.29, 0.717) is 25.3 Å². The minimum atomic E-state index is -0.567. The van der Waals surface area contributed by atoms with Crippen LogP contribution in [-0.2, 0) is 9.53 Å². The predicted molar refractivity (Wildman–Crippen MR) is 67.5 cm³/mol. The molecule has 1 atom stereocenters. The van der Waals surface area contributed by atoms with Gasteiger partial charge in [-0.05, 0) is 13.3 Å². The Morgan fingerprint density at radius 3 is 2.79 bits per heavy atom. The van der Waals surface area contributed by atoms with Crippen molar-refractivity contribution in [1.82, 2.24) is 9.97 Å². The summed E-state index contributed by atoms with van der Waals surface area (Å²) in [6.45, 7) is 2.95. The first-order valence-corrected chi connectivity index (χ1v) is 5.91. The number of anilines is 1. The molecule has 1 amide bonds. The zero-order valence-corrected chi connectivity index (χ0v) is 10.9. The second-order valence-electron chi connectivity index (χ2n) is 4.85. The van der Waals surface area contributed by atoms with E-state index >= 15 is 0 Å². The number of nitrogens with zero attached hydrogens (tertiary/aromatic N) is 3. The lowest BCUT2D eigenvalue weighted by Gasteiger charge is -2.21. The molecule has 0 radical (unpaired) electrons. The fraction of sp³-hybridized carbons (Fsp3) is 0.500. The average molecular weight is 264 g/mol. The van der Waals surface area contributed by atoms with Crippen molar-refractivity contribution in [2.45, 2.75) is 13.3 Å². The van der Waals surface area contributed by atoms with E-state index in [0.717, 1.165) is 0 Å². The third-order valence-corrected chi connectivity index (χ3v) is 3.41. The smallest absolute Gasteiger partial charge is 0.358 e. The van der Waals surface area contributed by atoms with Gasteiger partial charge in [-0.15, -0.1) is 0 Å². The lowest BCUT2D eigenvalue weighted by atomic mass is 9.89. The summed E-state index contributed by atoms with van der Waals surface area (Å²) in [5, 5.41) is 0. The summed E-state index contributed by atoms with van der Waals surface area (Å²) >= 11 is 0. The average Bonchev–Trinajstić information content (AvgIpc) is 2.82. The van der Waals surface area contributed by atoms with Crippen LogP contribution >= 0.6 is 0 Å². The van der Waals surface area contributed by atoms with Gasteiger partial charge in [0.05, 0.1) is 24.9 Å². The SMILES string of the molecule is COC(=O)c1cncc(N2CCC(C)(C(N)=O)C2)n1. The lowest BCUT2D eigenvalue weighted by molar-refractivity contribution is -0.125. The maximum Gasteiger partial charge on any atom is 0.358 e. The molecule has 0 saturated carbocycles. The number of carbonyl (C=O) groups is 2. The molecular formula is C12H16N4O3. The van der Waals surface area contributed by atoms with Crippen molar-refractivity contribution in [2.75, 3.05) is 25.1 Å². The standard InChI is InChI=1S/C12H16N4O3/c1-12(11(13)18)3-4-16(7-12)9-6-14-5-8(15-9)10(17)19-2/h5-6H,3-4,7H2,1-2H3,(H2,13,18). The topological polar surface area (TPSA) is 98.4 Å². The van der Waals surface area contributed by atoms with Crippen LogP contribution in [-0.4, -0.2) is 42.0 Å². The fourth-order valence-corrected chi connectivity index (χ4v) is 2.07. The molecule has 7 nitrogen and oxygen atoms in total. The Kier molecular flexibility index (Phi) is 3.37. The van der Waals surface area contributed by atoms with Gasteiger partial charge in [-0.3, -0.25) is 9.78 Å². The number of esters is 1. The van der Waals surface area contributed by atoms with Crippen molar-refractivity contribution in [2.24, 2.45) is 11.1 Å². The maximum absolute atomic E-state index is 11.4. The minimum absolute atomic E-state index is 0.146. The molecule has 1 fully saturated rings. The van der Waals surface area contributed by atoms with Gasteiger partial charge in [0.25, 0.3) is 0 Å². The van der Waals surface area contributed by atoms with Crippen LogP contribution in [0.5, 0.6) is 0 Å². The van der Waals surface area contributed by atoms with Crippen LogP contribution in [0.1, 0.15) is 23.8 Å². The second-order valence-corrected chi connectivity index (χ2v) is 4.85. The molecule has 1 aromatic rings. The van der Waals surface area contributed by atoms with Gasteiger partial charge < -0.3 is 15.4 Å². The van der Waals surface area contributed by atoms with E-state index in [9.17, 15) is 9.59 Å². The zero-order valence-electron chi connectivity index (χ0n) is 10.9. The van der Waals surface area contributed by atoms with E-state index in [2.05, 4.69) is 14.7 Å². The van der Waals surface area contributed by atoms with Gasteiger partial charge in [-0.25, -0.2) is 9.78 Å². The maximum atomic E-state index is 11.4. The fourth-order valence-electron chi connectivity index (χ4n) is 2.07. The molecule has 2 heterocycles. The Morgan fingerprint density at radius 2 is 2.21 bits per heavy atom. The van der Waals surface area contributed by atoms with Crippen molar-refractivity contribution in [3.63, 3.8) is 0 Å². The molecule has 1 aliphatic heterocycles. The molecule has 19 heavy (non-hydrogen) atoms. The number of hydrogen-bond donors (Lipinski definition) is 1. The summed E-state index contributed by atoms with van der Waals surface area (Å²) in [6.07, 6.45) is 3.56. The highest BCUT2D eigenvalue weighted by atomic mass is 16.5. The number of carbonyl (C=O) groups excluding carboxylic acids is 2. The number of nitrogens with two attached hydrogens (primary N) is 1. The first kappa shape index (κ1) is 13.3. The highest BCUT2D eigenvalue weighted by molar-refractivity contribution is 5.87. The molecule has 0 aliphatic carbocycles. The summed E-state index contributed by atoms with van der Waals surface area (Å²) in [5.41, 5.74) is 4.98. The van der Waals surface area contributed by atoms with Gasteiger partial charge in [0.1, 0.15) is 5.82 Å². The number of primary amides is 1. The normalized spacial score (nSPS) is 22.3. The molecule has 1 unspecified atom stereocenters. The first-order valence-electron chi connectivity index (χ1n) is 5.91. The zero-order chi connectivity index (χ0) is 14.0. The third-order valence-electron chi connectivity index (χ3n) is 3.41. The van der Waals surface area contributed by atoms with Gasteiger partial charge in [0.15, 0.2) is 5.69 Å². The van der Waals surface area contributed by atoms with Crippen LogP contribution in [0.15, 0.2) is 12.4 Å². The molecule has 1 aliphatic rings. The Morgan fingerprint density at radius 1 is 1.47 bits per heavy atom. The second kappa shape index (κ2) is 4.83. The summed E-state index contributed by atoms with van der Waals surface area (Å²) in [4.78, 5) is 32.9. The van der Waals surface area contributed by atoms with Crippen molar-refractivity contribution >= 4 is 17.7 Å². The van der Waals surface area contributed by atoms with Crippen molar-refractivity contribution < 1.29 is 14.3 Å². The summed E-state index contributed by atoms with van der Waals surface area (Å²) < 4.78 is 4.60. The first-order chi connectivity index (χ1) is 8.96. The Hall–Kier alpha value is -2.18. The van der Waals surface area contributed by atoms with E-state index in [4.69, 9.17) is 5.73 Å². The number of rotatable bonds is 3. The van der Waals surface area contributed by atoms with Crippen molar-refractivity contribution in [3.8, 4) is 0 Å². The van der Waals surface area contributed by atoms with Gasteiger partial charge >= 0.3 is 5.97 Å². The predicted octanol–water partition coefficient (Wildman–Crippen LogP) is -0.0351. The molecule has 7 heteroatoms. The molecule has 1 aromatic heterocycles.